The van der Waals surface area contributed by atoms with E-state index >= 15 is 0 Å². The van der Waals surface area contributed by atoms with E-state index in [4.69, 9.17) is 9.73 Å². The molecular formula is C21H25FN6O. The van der Waals surface area contributed by atoms with Gasteiger partial charge in [-0.15, -0.1) is 0 Å². The zero-order valence-corrected chi connectivity index (χ0v) is 16.6. The number of aromatic nitrogens is 3. The first-order valence-electron chi connectivity index (χ1n) is 9.48. The van der Waals surface area contributed by atoms with E-state index in [2.05, 4.69) is 20.5 Å². The Balaban J connectivity index is 1.58. The van der Waals surface area contributed by atoms with Gasteiger partial charge in [-0.1, -0.05) is 18.2 Å². The molecule has 8 heteroatoms. The molecular weight excluding hydrogens is 371 g/mol. The van der Waals surface area contributed by atoms with Crippen molar-refractivity contribution >= 4 is 5.96 Å². The maximum Gasteiger partial charge on any atom is 0.194 e. The molecule has 2 N–H and O–H groups in total. The maximum absolute atomic E-state index is 13.0. The number of nitrogens with one attached hydrogen (secondary N) is 2. The lowest BCUT2D eigenvalue weighted by atomic mass is 10.1. The van der Waals surface area contributed by atoms with Gasteiger partial charge in [0.15, 0.2) is 11.8 Å². The fraction of sp³-hybridized carbons (Fsp3) is 0.286. The predicted octanol–water partition coefficient (Wildman–Crippen LogP) is 3.09. The Hall–Kier alpha value is -3.42. The molecule has 1 heterocycles. The van der Waals surface area contributed by atoms with E-state index in [0.717, 1.165) is 29.5 Å². The van der Waals surface area contributed by atoms with Gasteiger partial charge in [-0.2, -0.15) is 5.10 Å². The number of likely N-dealkylation sites (N-methyl/N-ethyl adjacent to an activating group) is 1. The summed E-state index contributed by atoms with van der Waals surface area (Å²) in [5.74, 6) is 1.90. The minimum atomic E-state index is -0.275. The van der Waals surface area contributed by atoms with Gasteiger partial charge in [-0.25, -0.2) is 14.4 Å². The molecule has 0 atom stereocenters. The summed E-state index contributed by atoms with van der Waals surface area (Å²) >= 11 is 0. The molecule has 0 saturated carbocycles. The van der Waals surface area contributed by atoms with Crippen LogP contribution in [0, 0.1) is 5.82 Å². The average Bonchev–Trinajstić information content (AvgIpc) is 3.28. The van der Waals surface area contributed by atoms with Gasteiger partial charge >= 0.3 is 0 Å². The number of aliphatic imine (C=N–C) groups is 1. The molecule has 3 aromatic rings. The fourth-order valence-corrected chi connectivity index (χ4v) is 2.73. The maximum atomic E-state index is 13.0. The third-order valence-electron chi connectivity index (χ3n) is 4.23. The molecule has 0 aliphatic heterocycles. The molecule has 0 amide bonds. The summed E-state index contributed by atoms with van der Waals surface area (Å²) in [7, 11) is 1.96. The molecule has 0 unspecified atom stereocenters. The Morgan fingerprint density at radius 2 is 2.07 bits per heavy atom. The van der Waals surface area contributed by atoms with E-state index in [1.54, 1.807) is 12.1 Å². The number of aromatic amines is 1. The highest BCUT2D eigenvalue weighted by atomic mass is 19.1. The summed E-state index contributed by atoms with van der Waals surface area (Å²) in [5, 5.41) is 10.1. The summed E-state index contributed by atoms with van der Waals surface area (Å²) in [6.07, 6.45) is 1.49. The molecule has 0 aliphatic carbocycles. The first-order valence-corrected chi connectivity index (χ1v) is 9.48. The molecule has 29 heavy (non-hydrogen) atoms. The fourth-order valence-electron chi connectivity index (χ4n) is 2.73. The number of benzene rings is 2. The van der Waals surface area contributed by atoms with Crippen LogP contribution in [0.4, 0.5) is 4.39 Å². The zero-order chi connectivity index (χ0) is 20.5. The number of ether oxygens (including phenoxy) is 1. The molecule has 152 valence electrons. The van der Waals surface area contributed by atoms with Crippen molar-refractivity contribution in [3.05, 3.63) is 66.2 Å². The average molecular weight is 396 g/mol. The molecule has 0 fully saturated rings. The van der Waals surface area contributed by atoms with E-state index in [1.807, 2.05) is 43.1 Å². The standard InChI is InChI=1S/C21H25FN6O/c1-3-23-21(28(2)11-12-29-19-9-7-18(22)8-10-19)24-14-16-5-4-6-17(13-16)20-25-15-26-27-20/h4-10,13,15H,3,11-12,14H2,1-2H3,(H,23,24)(H,25,26,27). The summed E-state index contributed by atoms with van der Waals surface area (Å²) in [6.45, 7) is 4.44. The minimum absolute atomic E-state index is 0.275. The Kier molecular flexibility index (Phi) is 7.16. The molecule has 7 nitrogen and oxygen atoms in total. The minimum Gasteiger partial charge on any atom is -0.492 e. The van der Waals surface area contributed by atoms with E-state index in [0.29, 0.717) is 25.4 Å². The van der Waals surface area contributed by atoms with Gasteiger partial charge in [0.1, 0.15) is 24.5 Å². The molecule has 0 aliphatic rings. The summed E-state index contributed by atoms with van der Waals surface area (Å²) in [5.41, 5.74) is 2.05. The first-order chi connectivity index (χ1) is 14.2. The number of hydrogen-bond donors (Lipinski definition) is 2. The second kappa shape index (κ2) is 10.2. The summed E-state index contributed by atoms with van der Waals surface area (Å²) < 4.78 is 18.6. The van der Waals surface area contributed by atoms with E-state index < -0.39 is 0 Å². The van der Waals surface area contributed by atoms with Gasteiger partial charge in [0.2, 0.25) is 0 Å². The highest BCUT2D eigenvalue weighted by Gasteiger charge is 2.07. The van der Waals surface area contributed by atoms with Crippen LogP contribution in [-0.2, 0) is 6.54 Å². The number of nitrogens with zero attached hydrogens (tertiary/aromatic N) is 4. The van der Waals surface area contributed by atoms with Crippen molar-refractivity contribution in [3.63, 3.8) is 0 Å². The SMILES string of the molecule is CCNC(=NCc1cccc(-c2ncn[nH]2)c1)N(C)CCOc1ccc(F)cc1. The van der Waals surface area contributed by atoms with Gasteiger partial charge in [-0.05, 0) is 42.8 Å². The van der Waals surface area contributed by atoms with E-state index in [1.165, 1.54) is 18.5 Å². The van der Waals surface area contributed by atoms with Crippen molar-refractivity contribution in [1.82, 2.24) is 25.4 Å². The van der Waals surface area contributed by atoms with Crippen LogP contribution in [0.5, 0.6) is 5.75 Å². The predicted molar refractivity (Wildman–Crippen MR) is 111 cm³/mol. The van der Waals surface area contributed by atoms with Crippen molar-refractivity contribution in [2.45, 2.75) is 13.5 Å². The van der Waals surface area contributed by atoms with Crippen LogP contribution < -0.4 is 10.1 Å². The second-order valence-corrected chi connectivity index (χ2v) is 6.43. The number of guanidine groups is 1. The van der Waals surface area contributed by atoms with E-state index in [-0.39, 0.29) is 5.82 Å². The normalized spacial score (nSPS) is 11.3. The lowest BCUT2D eigenvalue weighted by Crippen LogP contribution is -2.40. The monoisotopic (exact) mass is 396 g/mol. The molecule has 0 radical (unpaired) electrons. The number of rotatable bonds is 8. The smallest absolute Gasteiger partial charge is 0.194 e. The second-order valence-electron chi connectivity index (χ2n) is 6.43. The van der Waals surface area contributed by atoms with Gasteiger partial charge in [0, 0.05) is 19.2 Å². The van der Waals surface area contributed by atoms with Gasteiger partial charge < -0.3 is 15.0 Å². The lowest BCUT2D eigenvalue weighted by Gasteiger charge is -2.22. The molecule has 0 bridgehead atoms. The lowest BCUT2D eigenvalue weighted by molar-refractivity contribution is 0.281. The number of hydrogen-bond acceptors (Lipinski definition) is 4. The van der Waals surface area contributed by atoms with Crippen LogP contribution in [0.15, 0.2) is 59.9 Å². The molecule has 0 spiro atoms. The van der Waals surface area contributed by atoms with Crippen LogP contribution in [0.1, 0.15) is 12.5 Å². The van der Waals surface area contributed by atoms with Crippen LogP contribution in [0.25, 0.3) is 11.4 Å². The molecule has 2 aromatic carbocycles. The van der Waals surface area contributed by atoms with Crippen molar-refractivity contribution in [3.8, 4) is 17.1 Å². The highest BCUT2D eigenvalue weighted by Crippen LogP contribution is 2.16. The summed E-state index contributed by atoms with van der Waals surface area (Å²) in [6, 6.07) is 14.1. The third-order valence-corrected chi connectivity index (χ3v) is 4.23. The van der Waals surface area contributed by atoms with Crippen molar-refractivity contribution in [1.29, 1.82) is 0 Å². The topological polar surface area (TPSA) is 78.4 Å². The van der Waals surface area contributed by atoms with Crippen LogP contribution in [-0.4, -0.2) is 52.8 Å². The highest BCUT2D eigenvalue weighted by molar-refractivity contribution is 5.79. The van der Waals surface area contributed by atoms with Crippen molar-refractivity contribution in [2.24, 2.45) is 4.99 Å². The third kappa shape index (κ3) is 6.03. The Morgan fingerprint density at radius 3 is 2.79 bits per heavy atom. The quantitative estimate of drug-likeness (QED) is 0.452. The van der Waals surface area contributed by atoms with Gasteiger partial charge in [-0.3, -0.25) is 5.10 Å². The van der Waals surface area contributed by atoms with Crippen LogP contribution in [0.2, 0.25) is 0 Å². The van der Waals surface area contributed by atoms with E-state index in [9.17, 15) is 4.39 Å². The largest absolute Gasteiger partial charge is 0.492 e. The zero-order valence-electron chi connectivity index (χ0n) is 16.6. The van der Waals surface area contributed by atoms with Gasteiger partial charge in [0.05, 0.1) is 13.1 Å². The summed E-state index contributed by atoms with van der Waals surface area (Å²) in [4.78, 5) is 10.9. The Morgan fingerprint density at radius 1 is 1.24 bits per heavy atom. The Bertz CT molecular complexity index is 911. The first kappa shape index (κ1) is 20.3. The number of halogens is 1. The van der Waals surface area contributed by atoms with Crippen LogP contribution >= 0.6 is 0 Å². The molecule has 0 saturated heterocycles. The molecule has 3 rings (SSSR count). The van der Waals surface area contributed by atoms with Crippen molar-refractivity contribution in [2.75, 3.05) is 26.7 Å². The van der Waals surface area contributed by atoms with Gasteiger partial charge in [0.25, 0.3) is 0 Å². The number of H-pyrrole nitrogens is 1. The van der Waals surface area contributed by atoms with Crippen LogP contribution in [0.3, 0.4) is 0 Å². The van der Waals surface area contributed by atoms with Crippen molar-refractivity contribution < 1.29 is 9.13 Å². The Labute approximate surface area is 169 Å². The molecule has 1 aromatic heterocycles.